The Morgan fingerprint density at radius 1 is 1.07 bits per heavy atom. The summed E-state index contributed by atoms with van der Waals surface area (Å²) in [6, 6.07) is 16.0. The van der Waals surface area contributed by atoms with Crippen molar-refractivity contribution in [1.82, 2.24) is 0 Å². The van der Waals surface area contributed by atoms with Gasteiger partial charge in [0.05, 0.1) is 15.0 Å². The SMILES string of the molecule is Cc1ccc(Sc2ccc([N+](=O)[O-])cc2CNc2cc(Cl)c(O)c(Cl)c2)cc1. The lowest BCUT2D eigenvalue weighted by molar-refractivity contribution is -0.385. The number of benzene rings is 3. The van der Waals surface area contributed by atoms with Crippen molar-refractivity contribution in [3.05, 3.63) is 85.9 Å². The van der Waals surface area contributed by atoms with Crippen molar-refractivity contribution < 1.29 is 10.0 Å². The van der Waals surface area contributed by atoms with E-state index in [1.165, 1.54) is 17.8 Å². The van der Waals surface area contributed by atoms with Crippen LogP contribution < -0.4 is 5.32 Å². The Morgan fingerprint density at radius 2 is 1.71 bits per heavy atom. The van der Waals surface area contributed by atoms with Crippen LogP contribution in [0.15, 0.2) is 64.4 Å². The number of halogens is 2. The monoisotopic (exact) mass is 434 g/mol. The topological polar surface area (TPSA) is 75.4 Å². The van der Waals surface area contributed by atoms with Gasteiger partial charge in [0.25, 0.3) is 5.69 Å². The molecule has 0 atom stereocenters. The summed E-state index contributed by atoms with van der Waals surface area (Å²) < 4.78 is 0. The van der Waals surface area contributed by atoms with Crippen LogP contribution in [0.4, 0.5) is 11.4 Å². The van der Waals surface area contributed by atoms with Crippen molar-refractivity contribution in [2.45, 2.75) is 23.3 Å². The summed E-state index contributed by atoms with van der Waals surface area (Å²) in [5.41, 5.74) is 2.55. The fourth-order valence-corrected chi connectivity index (χ4v) is 3.93. The van der Waals surface area contributed by atoms with Crippen molar-refractivity contribution in [2.75, 3.05) is 5.32 Å². The molecule has 0 amide bonds. The average molecular weight is 435 g/mol. The maximum absolute atomic E-state index is 11.2. The van der Waals surface area contributed by atoms with Crippen LogP contribution in [0.5, 0.6) is 5.75 Å². The summed E-state index contributed by atoms with van der Waals surface area (Å²) in [6.45, 7) is 2.34. The highest BCUT2D eigenvalue weighted by Gasteiger charge is 2.13. The van der Waals surface area contributed by atoms with E-state index in [0.29, 0.717) is 12.2 Å². The second-order valence-electron chi connectivity index (χ2n) is 6.11. The standard InChI is InChI=1S/C20H16Cl2N2O3S/c1-12-2-5-16(6-3-12)28-19-7-4-15(24(26)27)8-13(19)11-23-14-9-17(21)20(25)18(22)10-14/h2-10,23,25H,11H2,1H3. The normalized spacial score (nSPS) is 10.7. The number of anilines is 1. The Balaban J connectivity index is 1.87. The lowest BCUT2D eigenvalue weighted by atomic mass is 10.2. The molecule has 0 aliphatic heterocycles. The van der Waals surface area contributed by atoms with E-state index < -0.39 is 4.92 Å². The number of phenols is 1. The van der Waals surface area contributed by atoms with Crippen LogP contribution in [0.3, 0.4) is 0 Å². The number of aryl methyl sites for hydroxylation is 1. The third-order valence-electron chi connectivity index (χ3n) is 4.00. The molecule has 5 nitrogen and oxygen atoms in total. The number of hydrogen-bond acceptors (Lipinski definition) is 5. The summed E-state index contributed by atoms with van der Waals surface area (Å²) in [6.07, 6.45) is 0. The highest BCUT2D eigenvalue weighted by atomic mass is 35.5. The highest BCUT2D eigenvalue weighted by molar-refractivity contribution is 7.99. The van der Waals surface area contributed by atoms with E-state index >= 15 is 0 Å². The number of aromatic hydroxyl groups is 1. The molecule has 0 bridgehead atoms. The molecule has 3 aromatic carbocycles. The minimum Gasteiger partial charge on any atom is -0.505 e. The fourth-order valence-electron chi connectivity index (χ4n) is 2.52. The molecule has 0 unspecified atom stereocenters. The molecule has 0 radical (unpaired) electrons. The highest BCUT2D eigenvalue weighted by Crippen LogP contribution is 2.36. The molecule has 144 valence electrons. The number of phenolic OH excluding ortho intramolecular Hbond substituents is 1. The van der Waals surface area contributed by atoms with E-state index in [1.807, 2.05) is 31.2 Å². The number of nitro groups is 1. The zero-order valence-corrected chi connectivity index (χ0v) is 17.1. The number of nitro benzene ring substituents is 1. The molecule has 0 fully saturated rings. The second kappa shape index (κ2) is 8.73. The number of nitrogens with one attached hydrogen (secondary N) is 1. The summed E-state index contributed by atoms with van der Waals surface area (Å²) in [7, 11) is 0. The smallest absolute Gasteiger partial charge is 0.269 e. The molecule has 0 aliphatic rings. The Bertz CT molecular complexity index is 1000. The molecule has 0 aromatic heterocycles. The van der Waals surface area contributed by atoms with Crippen molar-refractivity contribution >= 4 is 46.3 Å². The van der Waals surface area contributed by atoms with Gasteiger partial charge in [-0.15, -0.1) is 0 Å². The molecule has 3 aromatic rings. The van der Waals surface area contributed by atoms with Crippen LogP contribution in [0.2, 0.25) is 10.0 Å². The number of nitrogens with zero attached hydrogens (tertiary/aromatic N) is 1. The third kappa shape index (κ3) is 4.90. The molecule has 0 saturated carbocycles. The largest absolute Gasteiger partial charge is 0.505 e. The van der Waals surface area contributed by atoms with Gasteiger partial charge < -0.3 is 10.4 Å². The summed E-state index contributed by atoms with van der Waals surface area (Å²) in [5.74, 6) is -0.181. The zero-order valence-electron chi connectivity index (χ0n) is 14.8. The lowest BCUT2D eigenvalue weighted by Gasteiger charge is -2.13. The predicted octanol–water partition coefficient (Wildman–Crippen LogP) is 6.68. The van der Waals surface area contributed by atoms with E-state index in [1.54, 1.807) is 24.3 Å². The van der Waals surface area contributed by atoms with Crippen LogP contribution in [0.1, 0.15) is 11.1 Å². The lowest BCUT2D eigenvalue weighted by Crippen LogP contribution is -2.02. The minimum atomic E-state index is -0.419. The van der Waals surface area contributed by atoms with Crippen molar-refractivity contribution in [1.29, 1.82) is 0 Å². The fraction of sp³-hybridized carbons (Fsp3) is 0.100. The van der Waals surface area contributed by atoms with Crippen LogP contribution in [0, 0.1) is 17.0 Å². The van der Waals surface area contributed by atoms with Gasteiger partial charge in [-0.2, -0.15) is 0 Å². The Hall–Kier alpha value is -2.41. The first-order valence-electron chi connectivity index (χ1n) is 8.27. The van der Waals surface area contributed by atoms with E-state index in [4.69, 9.17) is 23.2 Å². The van der Waals surface area contributed by atoms with Gasteiger partial charge >= 0.3 is 0 Å². The molecule has 0 spiro atoms. The van der Waals surface area contributed by atoms with Gasteiger partial charge in [0, 0.05) is 34.2 Å². The van der Waals surface area contributed by atoms with Crippen molar-refractivity contribution in [2.24, 2.45) is 0 Å². The molecule has 0 heterocycles. The third-order valence-corrected chi connectivity index (χ3v) is 5.71. The molecular formula is C20H16Cl2N2O3S. The number of hydrogen-bond donors (Lipinski definition) is 2. The van der Waals surface area contributed by atoms with E-state index in [0.717, 1.165) is 20.9 Å². The van der Waals surface area contributed by atoms with Gasteiger partial charge in [-0.3, -0.25) is 10.1 Å². The van der Waals surface area contributed by atoms with Crippen LogP contribution in [-0.2, 0) is 6.54 Å². The van der Waals surface area contributed by atoms with Crippen LogP contribution in [-0.4, -0.2) is 10.0 Å². The maximum atomic E-state index is 11.2. The zero-order chi connectivity index (χ0) is 20.3. The Morgan fingerprint density at radius 3 is 2.32 bits per heavy atom. The molecule has 8 heteroatoms. The van der Waals surface area contributed by atoms with Gasteiger partial charge in [-0.1, -0.05) is 52.7 Å². The van der Waals surface area contributed by atoms with E-state index in [2.05, 4.69) is 5.32 Å². The van der Waals surface area contributed by atoms with Gasteiger partial charge in [0.15, 0.2) is 5.75 Å². The minimum absolute atomic E-state index is 0.0202. The van der Waals surface area contributed by atoms with E-state index in [-0.39, 0.29) is 21.5 Å². The summed E-state index contributed by atoms with van der Waals surface area (Å²) in [4.78, 5) is 12.7. The molecule has 28 heavy (non-hydrogen) atoms. The van der Waals surface area contributed by atoms with Crippen molar-refractivity contribution in [3.8, 4) is 5.75 Å². The maximum Gasteiger partial charge on any atom is 0.269 e. The van der Waals surface area contributed by atoms with Crippen molar-refractivity contribution in [3.63, 3.8) is 0 Å². The van der Waals surface area contributed by atoms with Gasteiger partial charge in [0.1, 0.15) is 0 Å². The first kappa shape index (κ1) is 20.3. The first-order valence-corrected chi connectivity index (χ1v) is 9.84. The summed E-state index contributed by atoms with van der Waals surface area (Å²) >= 11 is 13.4. The molecule has 2 N–H and O–H groups in total. The van der Waals surface area contributed by atoms with Gasteiger partial charge in [0.2, 0.25) is 0 Å². The van der Waals surface area contributed by atoms with Crippen LogP contribution in [0.25, 0.3) is 0 Å². The molecule has 3 rings (SSSR count). The van der Waals surface area contributed by atoms with Gasteiger partial charge in [-0.25, -0.2) is 0 Å². The quantitative estimate of drug-likeness (QED) is 0.257. The van der Waals surface area contributed by atoms with Gasteiger partial charge in [-0.05, 0) is 42.8 Å². The van der Waals surface area contributed by atoms with E-state index in [9.17, 15) is 15.2 Å². The predicted molar refractivity (Wildman–Crippen MR) is 114 cm³/mol. The Labute approximate surface area is 176 Å². The average Bonchev–Trinajstić information content (AvgIpc) is 2.66. The number of rotatable bonds is 6. The molecule has 0 saturated heterocycles. The molecule has 0 aliphatic carbocycles. The number of non-ortho nitro benzene ring substituents is 1. The first-order chi connectivity index (χ1) is 13.3. The van der Waals surface area contributed by atoms with Crippen LogP contribution >= 0.6 is 35.0 Å². The second-order valence-corrected chi connectivity index (χ2v) is 8.04. The Kier molecular flexibility index (Phi) is 6.34. The molecular weight excluding hydrogens is 419 g/mol. The summed E-state index contributed by atoms with van der Waals surface area (Å²) in [5, 5.41) is 24.3.